The molecule has 2 rings (SSSR count). The first-order valence-corrected chi connectivity index (χ1v) is 4.85. The van der Waals surface area contributed by atoms with Crippen molar-refractivity contribution in [2.45, 2.75) is 12.1 Å². The van der Waals surface area contributed by atoms with Gasteiger partial charge in [0.1, 0.15) is 0 Å². The SMILES string of the molecule is O=C(O)C1(F)CCN(c2ccccc2)C1=O. The van der Waals surface area contributed by atoms with Crippen molar-refractivity contribution in [3.05, 3.63) is 30.3 Å². The van der Waals surface area contributed by atoms with E-state index in [-0.39, 0.29) is 13.0 Å². The number of nitrogens with zero attached hydrogens (tertiary/aromatic N) is 1. The predicted octanol–water partition coefficient (Wildman–Crippen LogP) is 1.22. The van der Waals surface area contributed by atoms with Crippen LogP contribution in [0.5, 0.6) is 0 Å². The lowest BCUT2D eigenvalue weighted by atomic mass is 10.1. The third-order valence-corrected chi connectivity index (χ3v) is 2.67. The number of hydrogen-bond donors (Lipinski definition) is 1. The van der Waals surface area contributed by atoms with Gasteiger partial charge in [0, 0.05) is 18.7 Å². The van der Waals surface area contributed by atoms with Crippen LogP contribution in [-0.4, -0.2) is 29.2 Å². The number of amides is 1. The molecule has 0 saturated carbocycles. The summed E-state index contributed by atoms with van der Waals surface area (Å²) in [6.07, 6.45) is -0.309. The van der Waals surface area contributed by atoms with Crippen molar-refractivity contribution < 1.29 is 19.1 Å². The molecule has 1 saturated heterocycles. The Hall–Kier alpha value is -1.91. The minimum absolute atomic E-state index is 0.0889. The number of carboxylic acid groups (broad SMARTS) is 1. The second kappa shape index (κ2) is 3.59. The fourth-order valence-corrected chi connectivity index (χ4v) is 1.74. The van der Waals surface area contributed by atoms with Crippen molar-refractivity contribution in [3.63, 3.8) is 0 Å². The molecule has 0 radical (unpaired) electrons. The summed E-state index contributed by atoms with van der Waals surface area (Å²) in [7, 11) is 0. The van der Waals surface area contributed by atoms with E-state index in [1.54, 1.807) is 30.3 Å². The van der Waals surface area contributed by atoms with Gasteiger partial charge in [-0.3, -0.25) is 4.79 Å². The Morgan fingerprint density at radius 1 is 1.38 bits per heavy atom. The van der Waals surface area contributed by atoms with Crippen LogP contribution < -0.4 is 4.90 Å². The van der Waals surface area contributed by atoms with Gasteiger partial charge in [-0.2, -0.15) is 0 Å². The van der Waals surface area contributed by atoms with Crippen molar-refractivity contribution in [3.8, 4) is 0 Å². The number of para-hydroxylation sites is 1. The molecule has 16 heavy (non-hydrogen) atoms. The van der Waals surface area contributed by atoms with E-state index in [2.05, 4.69) is 0 Å². The average molecular weight is 223 g/mol. The summed E-state index contributed by atoms with van der Waals surface area (Å²) in [5.41, 5.74) is -2.25. The van der Waals surface area contributed by atoms with Gasteiger partial charge in [-0.05, 0) is 12.1 Å². The summed E-state index contributed by atoms with van der Waals surface area (Å²) >= 11 is 0. The second-order valence-electron chi connectivity index (χ2n) is 3.65. The molecule has 0 spiro atoms. The van der Waals surface area contributed by atoms with Crippen molar-refractivity contribution in [1.82, 2.24) is 0 Å². The third kappa shape index (κ3) is 1.44. The van der Waals surface area contributed by atoms with Crippen molar-refractivity contribution in [2.75, 3.05) is 11.4 Å². The van der Waals surface area contributed by atoms with Gasteiger partial charge in [-0.1, -0.05) is 18.2 Å². The monoisotopic (exact) mass is 223 g/mol. The number of carbonyl (C=O) groups excluding carboxylic acids is 1. The fourth-order valence-electron chi connectivity index (χ4n) is 1.74. The van der Waals surface area contributed by atoms with Crippen LogP contribution in [0, 0.1) is 0 Å². The van der Waals surface area contributed by atoms with Gasteiger partial charge >= 0.3 is 5.97 Å². The first-order chi connectivity index (χ1) is 7.55. The number of hydrogen-bond acceptors (Lipinski definition) is 2. The van der Waals surface area contributed by atoms with Crippen LogP contribution in [0.3, 0.4) is 0 Å². The maximum absolute atomic E-state index is 13.8. The zero-order valence-corrected chi connectivity index (χ0v) is 8.39. The maximum atomic E-state index is 13.8. The predicted molar refractivity (Wildman–Crippen MR) is 54.9 cm³/mol. The molecule has 1 heterocycles. The number of alkyl halides is 1. The van der Waals surface area contributed by atoms with Crippen LogP contribution in [0.1, 0.15) is 6.42 Å². The standard InChI is InChI=1S/C11H10FNO3/c12-11(10(15)16)6-7-13(9(11)14)8-4-2-1-3-5-8/h1-5H,6-7H2,(H,15,16). The molecule has 0 aliphatic carbocycles. The highest BCUT2D eigenvalue weighted by atomic mass is 19.1. The Morgan fingerprint density at radius 2 is 2.00 bits per heavy atom. The highest BCUT2D eigenvalue weighted by molar-refractivity contribution is 6.14. The van der Waals surface area contributed by atoms with E-state index in [0.29, 0.717) is 5.69 Å². The van der Waals surface area contributed by atoms with E-state index in [9.17, 15) is 14.0 Å². The first kappa shape index (κ1) is 10.6. The Kier molecular flexibility index (Phi) is 2.38. The van der Waals surface area contributed by atoms with Crippen LogP contribution in [0.15, 0.2) is 30.3 Å². The van der Waals surface area contributed by atoms with Gasteiger partial charge in [0.25, 0.3) is 11.6 Å². The molecule has 1 atom stereocenters. The number of rotatable bonds is 2. The molecule has 84 valence electrons. The van der Waals surface area contributed by atoms with Crippen molar-refractivity contribution >= 4 is 17.6 Å². The van der Waals surface area contributed by atoms with E-state index < -0.39 is 17.5 Å². The molecule has 1 N–H and O–H groups in total. The number of carbonyl (C=O) groups is 2. The molecule has 1 aliphatic heterocycles. The molecule has 4 nitrogen and oxygen atoms in total. The van der Waals surface area contributed by atoms with E-state index in [1.165, 1.54) is 0 Å². The van der Waals surface area contributed by atoms with E-state index in [4.69, 9.17) is 5.11 Å². The second-order valence-corrected chi connectivity index (χ2v) is 3.65. The highest BCUT2D eigenvalue weighted by Crippen LogP contribution is 2.31. The molecular formula is C11H10FNO3. The first-order valence-electron chi connectivity index (χ1n) is 4.85. The largest absolute Gasteiger partial charge is 0.478 e. The summed E-state index contributed by atoms with van der Waals surface area (Å²) < 4.78 is 13.8. The molecule has 1 aromatic carbocycles. The Bertz CT molecular complexity index is 434. The number of anilines is 1. The van der Waals surface area contributed by atoms with E-state index in [0.717, 1.165) is 4.90 Å². The van der Waals surface area contributed by atoms with Crippen molar-refractivity contribution in [1.29, 1.82) is 0 Å². The topological polar surface area (TPSA) is 57.6 Å². The third-order valence-electron chi connectivity index (χ3n) is 2.67. The average Bonchev–Trinajstić information content (AvgIpc) is 2.59. The molecule has 5 heteroatoms. The van der Waals surface area contributed by atoms with Crippen LogP contribution in [-0.2, 0) is 9.59 Å². The molecule has 1 aromatic rings. The van der Waals surface area contributed by atoms with E-state index >= 15 is 0 Å². The number of halogens is 1. The van der Waals surface area contributed by atoms with Gasteiger partial charge in [-0.25, -0.2) is 9.18 Å². The Morgan fingerprint density at radius 3 is 2.50 bits per heavy atom. The van der Waals surface area contributed by atoms with Gasteiger partial charge in [0.2, 0.25) is 0 Å². The summed E-state index contributed by atoms with van der Waals surface area (Å²) in [6.45, 7) is 0.0889. The zero-order chi connectivity index (χ0) is 11.8. The minimum Gasteiger partial charge on any atom is -0.478 e. The lowest BCUT2D eigenvalue weighted by Crippen LogP contribution is -2.43. The summed E-state index contributed by atoms with van der Waals surface area (Å²) in [5.74, 6) is -2.71. The lowest BCUT2D eigenvalue weighted by Gasteiger charge is -2.17. The zero-order valence-electron chi connectivity index (χ0n) is 8.39. The maximum Gasteiger partial charge on any atom is 0.351 e. The molecular weight excluding hydrogens is 213 g/mol. The quantitative estimate of drug-likeness (QED) is 0.767. The Labute approximate surface area is 91.3 Å². The van der Waals surface area contributed by atoms with Crippen LogP contribution in [0.4, 0.5) is 10.1 Å². The molecule has 1 aliphatic rings. The smallest absolute Gasteiger partial charge is 0.351 e. The normalized spacial score (nSPS) is 24.8. The number of benzene rings is 1. The molecule has 1 amide bonds. The summed E-state index contributed by atoms with van der Waals surface area (Å²) in [5, 5.41) is 8.69. The number of aliphatic carboxylic acids is 1. The molecule has 1 fully saturated rings. The van der Waals surface area contributed by atoms with Crippen LogP contribution in [0.2, 0.25) is 0 Å². The Balaban J connectivity index is 2.30. The van der Waals surface area contributed by atoms with Crippen molar-refractivity contribution in [2.24, 2.45) is 0 Å². The highest BCUT2D eigenvalue weighted by Gasteiger charge is 2.54. The summed E-state index contributed by atoms with van der Waals surface area (Å²) in [4.78, 5) is 23.5. The lowest BCUT2D eigenvalue weighted by molar-refractivity contribution is -0.155. The van der Waals surface area contributed by atoms with Gasteiger partial charge < -0.3 is 10.0 Å². The van der Waals surface area contributed by atoms with Gasteiger partial charge in [-0.15, -0.1) is 0 Å². The van der Waals surface area contributed by atoms with Crippen LogP contribution in [0.25, 0.3) is 0 Å². The summed E-state index contributed by atoms with van der Waals surface area (Å²) in [6, 6.07) is 8.48. The fraction of sp³-hybridized carbons (Fsp3) is 0.273. The van der Waals surface area contributed by atoms with Gasteiger partial charge in [0.15, 0.2) is 0 Å². The minimum atomic E-state index is -2.77. The number of carboxylic acids is 1. The van der Waals surface area contributed by atoms with Crippen LogP contribution >= 0.6 is 0 Å². The molecule has 1 unspecified atom stereocenters. The van der Waals surface area contributed by atoms with E-state index in [1.807, 2.05) is 0 Å². The molecule has 0 bridgehead atoms. The molecule has 0 aromatic heterocycles. The van der Waals surface area contributed by atoms with Gasteiger partial charge in [0.05, 0.1) is 0 Å².